The number of para-hydroxylation sites is 1. The zero-order chi connectivity index (χ0) is 11.5. The molecule has 0 aromatic heterocycles. The van der Waals surface area contributed by atoms with Gasteiger partial charge in [0.25, 0.3) is 0 Å². The summed E-state index contributed by atoms with van der Waals surface area (Å²) in [7, 11) is -2.41. The van der Waals surface area contributed by atoms with E-state index < -0.39 is 15.3 Å². The molecule has 0 saturated carbocycles. The maximum absolute atomic E-state index is 11.3. The summed E-state index contributed by atoms with van der Waals surface area (Å²) in [4.78, 5) is 0. The Hall–Kier alpha value is -1.11. The summed E-state index contributed by atoms with van der Waals surface area (Å²) in [5.74, 6) is -0.103. The van der Waals surface area contributed by atoms with Crippen molar-refractivity contribution >= 4 is 10.0 Å². The van der Waals surface area contributed by atoms with Gasteiger partial charge in [-0.05, 0) is 6.07 Å². The van der Waals surface area contributed by atoms with Crippen molar-refractivity contribution in [2.75, 3.05) is 13.7 Å². The van der Waals surface area contributed by atoms with E-state index in [0.29, 0.717) is 0 Å². The van der Waals surface area contributed by atoms with Gasteiger partial charge in [-0.25, -0.2) is 13.6 Å². The molecular weight excluding hydrogens is 218 g/mol. The molecule has 1 unspecified atom stereocenters. The molecule has 1 aromatic rings. The van der Waals surface area contributed by atoms with Crippen LogP contribution in [0, 0.1) is 0 Å². The summed E-state index contributed by atoms with van der Waals surface area (Å²) in [5.41, 5.74) is 0.252. The minimum atomic E-state index is -3.79. The van der Waals surface area contributed by atoms with E-state index in [1.54, 1.807) is 12.1 Å². The molecule has 0 fully saturated rings. The highest BCUT2D eigenvalue weighted by atomic mass is 32.2. The van der Waals surface area contributed by atoms with E-state index in [-0.39, 0.29) is 17.9 Å². The van der Waals surface area contributed by atoms with Crippen molar-refractivity contribution in [3.05, 3.63) is 29.8 Å². The van der Waals surface area contributed by atoms with Crippen LogP contribution in [0.1, 0.15) is 10.8 Å². The van der Waals surface area contributed by atoms with E-state index in [4.69, 9.17) is 9.88 Å². The van der Waals surface area contributed by atoms with Gasteiger partial charge < -0.3 is 9.84 Å². The molecule has 0 amide bonds. The molecule has 1 rings (SSSR count). The van der Waals surface area contributed by atoms with Gasteiger partial charge in [0.15, 0.2) is 0 Å². The highest BCUT2D eigenvalue weighted by Crippen LogP contribution is 2.28. The van der Waals surface area contributed by atoms with E-state index in [9.17, 15) is 13.5 Å². The van der Waals surface area contributed by atoms with Crippen molar-refractivity contribution < 1.29 is 18.3 Å². The Morgan fingerprint density at radius 1 is 1.47 bits per heavy atom. The Labute approximate surface area is 88.5 Å². The molecule has 1 atom stereocenters. The van der Waals surface area contributed by atoms with Gasteiger partial charge in [-0.3, -0.25) is 0 Å². The first-order valence-electron chi connectivity index (χ1n) is 4.25. The molecule has 5 nitrogen and oxygen atoms in total. The van der Waals surface area contributed by atoms with Gasteiger partial charge in [0.05, 0.1) is 6.61 Å². The number of hydrogen-bond acceptors (Lipinski definition) is 4. The number of aromatic hydroxyl groups is 1. The Bertz CT molecular complexity index is 429. The molecule has 0 spiro atoms. The number of hydrogen-bond donors (Lipinski definition) is 2. The lowest BCUT2D eigenvalue weighted by Gasteiger charge is -2.15. The average Bonchev–Trinajstić information content (AvgIpc) is 2.14. The Morgan fingerprint density at radius 2 is 2.07 bits per heavy atom. The summed E-state index contributed by atoms with van der Waals surface area (Å²) in [6, 6.07) is 6.14. The largest absolute Gasteiger partial charge is 0.508 e. The second-order valence-corrected chi connectivity index (χ2v) is 4.84. The molecule has 1 aromatic carbocycles. The van der Waals surface area contributed by atoms with Crippen LogP contribution in [0.2, 0.25) is 0 Å². The molecule has 0 saturated heterocycles. The third-order valence-corrected chi connectivity index (χ3v) is 3.18. The van der Waals surface area contributed by atoms with Crippen molar-refractivity contribution in [1.82, 2.24) is 0 Å². The van der Waals surface area contributed by atoms with Crippen molar-refractivity contribution in [2.45, 2.75) is 5.25 Å². The molecule has 0 radical (unpaired) electrons. The zero-order valence-corrected chi connectivity index (χ0v) is 9.07. The van der Waals surface area contributed by atoms with Crippen LogP contribution in [0.5, 0.6) is 5.75 Å². The third-order valence-electron chi connectivity index (χ3n) is 2.00. The van der Waals surface area contributed by atoms with E-state index in [0.717, 1.165) is 0 Å². The molecule has 3 N–H and O–H groups in total. The second kappa shape index (κ2) is 4.61. The normalized spacial score (nSPS) is 13.7. The summed E-state index contributed by atoms with van der Waals surface area (Å²) in [6.07, 6.45) is 0. The van der Waals surface area contributed by atoms with Gasteiger partial charge in [0.1, 0.15) is 11.0 Å². The maximum atomic E-state index is 11.3. The van der Waals surface area contributed by atoms with Crippen LogP contribution in [0.15, 0.2) is 24.3 Å². The first kappa shape index (κ1) is 12.0. The minimum Gasteiger partial charge on any atom is -0.508 e. The molecule has 0 aliphatic carbocycles. The smallest absolute Gasteiger partial charge is 0.218 e. The summed E-state index contributed by atoms with van der Waals surface area (Å²) >= 11 is 0. The standard InChI is InChI=1S/C9H13NO4S/c1-14-6-9(15(10,12)13)7-4-2-3-5-8(7)11/h2-5,9,11H,6H2,1H3,(H2,10,12,13). The van der Waals surface area contributed by atoms with Crippen molar-refractivity contribution in [2.24, 2.45) is 5.14 Å². The fourth-order valence-corrected chi connectivity index (χ4v) is 2.15. The molecule has 0 bridgehead atoms. The topological polar surface area (TPSA) is 89.6 Å². The molecule has 0 heterocycles. The number of rotatable bonds is 4. The number of phenolic OH excluding ortho intramolecular Hbond substituents is 1. The molecule has 0 aliphatic rings. The molecular formula is C9H13NO4S. The fraction of sp³-hybridized carbons (Fsp3) is 0.333. The van der Waals surface area contributed by atoms with E-state index in [2.05, 4.69) is 0 Å². The van der Waals surface area contributed by atoms with Gasteiger partial charge in [0, 0.05) is 12.7 Å². The van der Waals surface area contributed by atoms with E-state index >= 15 is 0 Å². The third kappa shape index (κ3) is 2.92. The van der Waals surface area contributed by atoms with Crippen LogP contribution in [0.4, 0.5) is 0 Å². The van der Waals surface area contributed by atoms with E-state index in [1.165, 1.54) is 19.2 Å². The molecule has 84 valence electrons. The van der Waals surface area contributed by atoms with Gasteiger partial charge in [-0.2, -0.15) is 0 Å². The minimum absolute atomic E-state index is 0.0869. The Kier molecular flexibility index (Phi) is 3.67. The van der Waals surface area contributed by atoms with E-state index in [1.807, 2.05) is 0 Å². The number of ether oxygens (including phenoxy) is 1. The predicted octanol–water partition coefficient (Wildman–Crippen LogP) is 0.368. The molecule has 15 heavy (non-hydrogen) atoms. The summed E-state index contributed by atoms with van der Waals surface area (Å²) in [6.45, 7) is -0.0869. The summed E-state index contributed by atoms with van der Waals surface area (Å²) < 4.78 is 27.3. The predicted molar refractivity (Wildman–Crippen MR) is 55.8 cm³/mol. The van der Waals surface area contributed by atoms with Crippen LogP contribution < -0.4 is 5.14 Å². The second-order valence-electron chi connectivity index (χ2n) is 3.09. The highest BCUT2D eigenvalue weighted by Gasteiger charge is 2.25. The number of sulfonamides is 1. The van der Waals surface area contributed by atoms with Crippen LogP contribution in [-0.2, 0) is 14.8 Å². The number of phenols is 1. The molecule has 6 heteroatoms. The number of primary sulfonamides is 1. The van der Waals surface area contributed by atoms with Crippen molar-refractivity contribution in [3.8, 4) is 5.75 Å². The van der Waals surface area contributed by atoms with Gasteiger partial charge in [-0.15, -0.1) is 0 Å². The SMILES string of the molecule is COCC(c1ccccc1O)S(N)(=O)=O. The first-order chi connectivity index (χ1) is 6.96. The lowest BCUT2D eigenvalue weighted by atomic mass is 10.1. The molecule has 0 aliphatic heterocycles. The fourth-order valence-electron chi connectivity index (χ4n) is 1.27. The van der Waals surface area contributed by atoms with Crippen molar-refractivity contribution in [1.29, 1.82) is 0 Å². The Balaban J connectivity index is 3.16. The monoisotopic (exact) mass is 231 g/mol. The lowest BCUT2D eigenvalue weighted by molar-refractivity contribution is 0.196. The first-order valence-corrected chi connectivity index (χ1v) is 5.86. The van der Waals surface area contributed by atoms with Crippen LogP contribution >= 0.6 is 0 Å². The van der Waals surface area contributed by atoms with Gasteiger partial charge in [0.2, 0.25) is 10.0 Å². The average molecular weight is 231 g/mol. The van der Waals surface area contributed by atoms with Crippen LogP contribution in [0.3, 0.4) is 0 Å². The van der Waals surface area contributed by atoms with Crippen molar-refractivity contribution in [3.63, 3.8) is 0 Å². The van der Waals surface area contributed by atoms with Gasteiger partial charge in [-0.1, -0.05) is 18.2 Å². The van der Waals surface area contributed by atoms with Gasteiger partial charge >= 0.3 is 0 Å². The number of nitrogens with two attached hydrogens (primary N) is 1. The maximum Gasteiger partial charge on any atom is 0.218 e. The lowest BCUT2D eigenvalue weighted by Crippen LogP contribution is -2.25. The number of methoxy groups -OCH3 is 1. The Morgan fingerprint density at radius 3 is 2.53 bits per heavy atom. The zero-order valence-electron chi connectivity index (χ0n) is 8.25. The van der Waals surface area contributed by atoms with Crippen LogP contribution in [0.25, 0.3) is 0 Å². The van der Waals surface area contributed by atoms with Crippen LogP contribution in [-0.4, -0.2) is 27.2 Å². The quantitative estimate of drug-likeness (QED) is 0.783. The summed E-state index contributed by atoms with van der Waals surface area (Å²) in [5, 5.41) is 13.5. The number of benzene rings is 1. The highest BCUT2D eigenvalue weighted by molar-refractivity contribution is 7.89.